The third-order valence-corrected chi connectivity index (χ3v) is 4.68. The summed E-state index contributed by atoms with van der Waals surface area (Å²) >= 11 is 0. The van der Waals surface area contributed by atoms with E-state index in [1.807, 2.05) is 6.20 Å². The molecule has 130 valence electrons. The van der Waals surface area contributed by atoms with Gasteiger partial charge in [-0.3, -0.25) is 9.69 Å². The molecule has 2 aromatic heterocycles. The van der Waals surface area contributed by atoms with Crippen molar-refractivity contribution in [1.29, 1.82) is 0 Å². The standard InChI is InChI=1S/C19H22N4O2/c24-19-9-17(21-13-22-19)8-15-11-23(5-6-25-12-15)10-14-1-2-18-16(7-14)3-4-20-18/h1-4,7,9,13,15,20H,5-6,8,10-12H2,(H,21,22,24)/t15-/m0/s1. The lowest BCUT2D eigenvalue weighted by Gasteiger charge is -2.23. The molecule has 6 heteroatoms. The van der Waals surface area contributed by atoms with Crippen molar-refractivity contribution in [1.82, 2.24) is 19.9 Å². The molecule has 1 atom stereocenters. The Balaban J connectivity index is 1.44. The second-order valence-corrected chi connectivity index (χ2v) is 6.68. The Labute approximate surface area is 145 Å². The second kappa shape index (κ2) is 7.21. The number of ether oxygens (including phenoxy) is 1. The molecule has 0 radical (unpaired) electrons. The van der Waals surface area contributed by atoms with Crippen LogP contribution in [0.5, 0.6) is 0 Å². The van der Waals surface area contributed by atoms with E-state index in [2.05, 4.69) is 44.1 Å². The monoisotopic (exact) mass is 338 g/mol. The van der Waals surface area contributed by atoms with E-state index in [9.17, 15) is 4.79 Å². The van der Waals surface area contributed by atoms with E-state index in [1.165, 1.54) is 22.8 Å². The van der Waals surface area contributed by atoms with Gasteiger partial charge in [-0.15, -0.1) is 0 Å². The number of aromatic nitrogens is 3. The lowest BCUT2D eigenvalue weighted by Crippen LogP contribution is -2.30. The zero-order valence-corrected chi connectivity index (χ0v) is 14.1. The first-order valence-electron chi connectivity index (χ1n) is 8.66. The van der Waals surface area contributed by atoms with Gasteiger partial charge in [-0.2, -0.15) is 0 Å². The molecule has 0 spiro atoms. The Bertz CT molecular complexity index is 901. The largest absolute Gasteiger partial charge is 0.380 e. The molecule has 3 heterocycles. The van der Waals surface area contributed by atoms with Crippen molar-refractivity contribution >= 4 is 10.9 Å². The highest BCUT2D eigenvalue weighted by atomic mass is 16.5. The third-order valence-electron chi connectivity index (χ3n) is 4.68. The summed E-state index contributed by atoms with van der Waals surface area (Å²) in [5.41, 5.74) is 3.20. The van der Waals surface area contributed by atoms with Gasteiger partial charge in [0.15, 0.2) is 0 Å². The third kappa shape index (κ3) is 3.97. The Kier molecular flexibility index (Phi) is 4.63. The van der Waals surface area contributed by atoms with Gasteiger partial charge in [0.25, 0.3) is 5.56 Å². The molecular weight excluding hydrogens is 316 g/mol. The molecule has 1 aromatic carbocycles. The van der Waals surface area contributed by atoms with Crippen LogP contribution in [0.25, 0.3) is 10.9 Å². The summed E-state index contributed by atoms with van der Waals surface area (Å²) in [6, 6.07) is 10.2. The maximum atomic E-state index is 11.5. The van der Waals surface area contributed by atoms with E-state index in [0.717, 1.165) is 38.4 Å². The SMILES string of the molecule is O=c1cc(C[C@@H]2COCCN(Cc3ccc4[nH]ccc4c3)C2)nc[nH]1. The van der Waals surface area contributed by atoms with Crippen LogP contribution in [0.3, 0.4) is 0 Å². The molecule has 3 aromatic rings. The molecule has 0 amide bonds. The number of fused-ring (bicyclic) bond motifs is 1. The first-order valence-corrected chi connectivity index (χ1v) is 8.66. The molecule has 0 aliphatic carbocycles. The molecule has 25 heavy (non-hydrogen) atoms. The molecule has 1 aliphatic rings. The van der Waals surface area contributed by atoms with Crippen molar-refractivity contribution in [2.75, 3.05) is 26.3 Å². The van der Waals surface area contributed by atoms with Gasteiger partial charge in [0.2, 0.25) is 0 Å². The number of H-pyrrole nitrogens is 2. The highest BCUT2D eigenvalue weighted by molar-refractivity contribution is 5.79. The zero-order chi connectivity index (χ0) is 17.1. The molecule has 0 unspecified atom stereocenters. The zero-order valence-electron chi connectivity index (χ0n) is 14.1. The highest BCUT2D eigenvalue weighted by Crippen LogP contribution is 2.18. The minimum Gasteiger partial charge on any atom is -0.380 e. The summed E-state index contributed by atoms with van der Waals surface area (Å²) in [7, 11) is 0. The van der Waals surface area contributed by atoms with Crippen LogP contribution < -0.4 is 5.56 Å². The van der Waals surface area contributed by atoms with Crippen LogP contribution >= 0.6 is 0 Å². The molecule has 1 fully saturated rings. The first-order chi connectivity index (χ1) is 12.3. The molecule has 2 N–H and O–H groups in total. The van der Waals surface area contributed by atoms with Crippen molar-refractivity contribution in [3.63, 3.8) is 0 Å². The van der Waals surface area contributed by atoms with Crippen LogP contribution in [0.4, 0.5) is 0 Å². The van der Waals surface area contributed by atoms with E-state index in [-0.39, 0.29) is 5.56 Å². The van der Waals surface area contributed by atoms with Crippen LogP contribution in [0.2, 0.25) is 0 Å². The fraction of sp³-hybridized carbons (Fsp3) is 0.368. The Morgan fingerprint density at radius 2 is 2.20 bits per heavy atom. The van der Waals surface area contributed by atoms with Crippen LogP contribution in [0, 0.1) is 5.92 Å². The minimum absolute atomic E-state index is 0.101. The molecule has 6 nitrogen and oxygen atoms in total. The Morgan fingerprint density at radius 1 is 1.24 bits per heavy atom. The molecule has 1 aliphatic heterocycles. The topological polar surface area (TPSA) is 74.0 Å². The highest BCUT2D eigenvalue weighted by Gasteiger charge is 2.20. The van der Waals surface area contributed by atoms with Crippen molar-refractivity contribution in [2.24, 2.45) is 5.92 Å². The summed E-state index contributed by atoms with van der Waals surface area (Å²) in [4.78, 5) is 23.9. The van der Waals surface area contributed by atoms with Crippen LogP contribution in [0.1, 0.15) is 11.3 Å². The lowest BCUT2D eigenvalue weighted by atomic mass is 10.0. The summed E-state index contributed by atoms with van der Waals surface area (Å²) in [5, 5.41) is 1.24. The Hall–Kier alpha value is -2.44. The smallest absolute Gasteiger partial charge is 0.250 e. The fourth-order valence-corrected chi connectivity index (χ4v) is 3.50. The van der Waals surface area contributed by atoms with Crippen LogP contribution in [-0.4, -0.2) is 46.2 Å². The number of nitrogens with zero attached hydrogens (tertiary/aromatic N) is 2. The van der Waals surface area contributed by atoms with Gasteiger partial charge < -0.3 is 14.7 Å². The van der Waals surface area contributed by atoms with Crippen molar-refractivity contribution < 1.29 is 4.74 Å². The summed E-state index contributed by atoms with van der Waals surface area (Å²) < 4.78 is 5.77. The molecule has 1 saturated heterocycles. The van der Waals surface area contributed by atoms with Crippen LogP contribution in [-0.2, 0) is 17.7 Å². The van der Waals surface area contributed by atoms with Gasteiger partial charge >= 0.3 is 0 Å². The number of hydrogen-bond donors (Lipinski definition) is 2. The molecule has 0 bridgehead atoms. The number of nitrogens with one attached hydrogen (secondary N) is 2. The number of rotatable bonds is 4. The first kappa shape index (κ1) is 16.1. The summed E-state index contributed by atoms with van der Waals surface area (Å²) in [5.74, 6) is 0.341. The average molecular weight is 338 g/mol. The van der Waals surface area contributed by atoms with Gasteiger partial charge in [0, 0.05) is 49.0 Å². The minimum atomic E-state index is -0.101. The van der Waals surface area contributed by atoms with E-state index >= 15 is 0 Å². The maximum absolute atomic E-state index is 11.5. The van der Waals surface area contributed by atoms with Gasteiger partial charge in [0.05, 0.1) is 19.5 Å². The number of benzene rings is 1. The van der Waals surface area contributed by atoms with Crippen LogP contribution in [0.15, 0.2) is 47.7 Å². The summed E-state index contributed by atoms with van der Waals surface area (Å²) in [6.07, 6.45) is 4.20. The fourth-order valence-electron chi connectivity index (χ4n) is 3.50. The molecule has 4 rings (SSSR count). The van der Waals surface area contributed by atoms with Gasteiger partial charge in [-0.05, 0) is 35.6 Å². The normalized spacial score (nSPS) is 19.1. The average Bonchev–Trinajstić information content (AvgIpc) is 2.95. The predicted octanol–water partition coefficient (Wildman–Crippen LogP) is 1.94. The quantitative estimate of drug-likeness (QED) is 0.762. The van der Waals surface area contributed by atoms with Gasteiger partial charge in [-0.1, -0.05) is 6.07 Å². The van der Waals surface area contributed by atoms with E-state index in [4.69, 9.17) is 4.74 Å². The Morgan fingerprint density at radius 3 is 3.12 bits per heavy atom. The summed E-state index contributed by atoms with van der Waals surface area (Å²) in [6.45, 7) is 4.22. The molecule has 0 saturated carbocycles. The van der Waals surface area contributed by atoms with E-state index in [0.29, 0.717) is 12.5 Å². The predicted molar refractivity (Wildman–Crippen MR) is 96.4 cm³/mol. The molecular formula is C19H22N4O2. The number of aromatic amines is 2. The van der Waals surface area contributed by atoms with Gasteiger partial charge in [-0.25, -0.2) is 4.98 Å². The van der Waals surface area contributed by atoms with Crippen molar-refractivity contribution in [3.05, 3.63) is 64.5 Å². The lowest BCUT2D eigenvalue weighted by molar-refractivity contribution is 0.121. The van der Waals surface area contributed by atoms with Crippen molar-refractivity contribution in [3.8, 4) is 0 Å². The van der Waals surface area contributed by atoms with E-state index in [1.54, 1.807) is 6.07 Å². The second-order valence-electron chi connectivity index (χ2n) is 6.68. The van der Waals surface area contributed by atoms with Crippen molar-refractivity contribution in [2.45, 2.75) is 13.0 Å². The maximum Gasteiger partial charge on any atom is 0.250 e. The number of hydrogen-bond acceptors (Lipinski definition) is 4. The van der Waals surface area contributed by atoms with E-state index < -0.39 is 0 Å². The van der Waals surface area contributed by atoms with Gasteiger partial charge in [0.1, 0.15) is 0 Å².